The zero-order valence-electron chi connectivity index (χ0n) is 8.44. The predicted molar refractivity (Wildman–Crippen MR) is 51.2 cm³/mol. The summed E-state index contributed by atoms with van der Waals surface area (Å²) in [7, 11) is 0. The third-order valence-corrected chi connectivity index (χ3v) is 2.77. The molecule has 11 heavy (non-hydrogen) atoms. The van der Waals surface area contributed by atoms with Gasteiger partial charge in [-0.1, -0.05) is 34.6 Å². The molecule has 0 aliphatic rings. The Hall–Kier alpha value is -0.330. The van der Waals surface area contributed by atoms with Crippen molar-refractivity contribution in [3.05, 3.63) is 0 Å². The van der Waals surface area contributed by atoms with Gasteiger partial charge in [0.25, 0.3) is 0 Å². The molecule has 0 rings (SSSR count). The van der Waals surface area contributed by atoms with E-state index in [0.29, 0.717) is 17.8 Å². The van der Waals surface area contributed by atoms with Crippen molar-refractivity contribution >= 4 is 5.71 Å². The van der Waals surface area contributed by atoms with Gasteiger partial charge in [-0.05, 0) is 24.2 Å². The van der Waals surface area contributed by atoms with Crippen LogP contribution in [0.5, 0.6) is 0 Å². The van der Waals surface area contributed by atoms with Crippen LogP contribution in [0, 0.1) is 23.2 Å². The Morgan fingerprint density at radius 1 is 1.18 bits per heavy atom. The molecule has 2 unspecified atom stereocenters. The Labute approximate surface area is 70.7 Å². The molecule has 2 atom stereocenters. The first kappa shape index (κ1) is 10.7. The van der Waals surface area contributed by atoms with Crippen LogP contribution in [0.15, 0.2) is 0 Å². The molecule has 1 heteroatoms. The molecule has 0 aliphatic carbocycles. The summed E-state index contributed by atoms with van der Waals surface area (Å²) in [6.45, 7) is 10.9. The van der Waals surface area contributed by atoms with Gasteiger partial charge in [0, 0.05) is 5.71 Å². The third-order valence-electron chi connectivity index (χ3n) is 2.77. The van der Waals surface area contributed by atoms with E-state index in [0.717, 1.165) is 12.1 Å². The lowest BCUT2D eigenvalue weighted by atomic mass is 9.82. The summed E-state index contributed by atoms with van der Waals surface area (Å²) in [5.74, 6) is 1.79. The minimum Gasteiger partial charge on any atom is -0.309 e. The van der Waals surface area contributed by atoms with Crippen molar-refractivity contribution in [2.24, 2.45) is 17.8 Å². The molecule has 0 aromatic carbocycles. The topological polar surface area (TPSA) is 23.9 Å². The van der Waals surface area contributed by atoms with E-state index in [9.17, 15) is 0 Å². The fraction of sp³-hybridized carbons (Fsp3) is 0.900. The minimum absolute atomic E-state index is 0.458. The Balaban J connectivity index is 4.01. The van der Waals surface area contributed by atoms with Crippen LogP contribution in [0.2, 0.25) is 0 Å². The largest absolute Gasteiger partial charge is 0.309 e. The van der Waals surface area contributed by atoms with E-state index < -0.39 is 0 Å². The van der Waals surface area contributed by atoms with Crippen LogP contribution in [-0.4, -0.2) is 5.71 Å². The van der Waals surface area contributed by atoms with Gasteiger partial charge in [-0.25, -0.2) is 0 Å². The second kappa shape index (κ2) is 4.53. The van der Waals surface area contributed by atoms with Crippen LogP contribution in [0.3, 0.4) is 0 Å². The van der Waals surface area contributed by atoms with Crippen LogP contribution < -0.4 is 0 Å². The predicted octanol–water partition coefficient (Wildman–Crippen LogP) is 3.34. The summed E-state index contributed by atoms with van der Waals surface area (Å²) >= 11 is 0. The second-order valence-electron chi connectivity index (χ2n) is 3.77. The molecule has 1 N–H and O–H groups in total. The zero-order valence-corrected chi connectivity index (χ0v) is 8.44. The van der Waals surface area contributed by atoms with E-state index in [1.165, 1.54) is 0 Å². The fourth-order valence-electron chi connectivity index (χ4n) is 1.22. The Kier molecular flexibility index (Phi) is 4.39. The summed E-state index contributed by atoms with van der Waals surface area (Å²) in [6.07, 6.45) is 0.901. The van der Waals surface area contributed by atoms with Crippen molar-refractivity contribution in [1.82, 2.24) is 0 Å². The van der Waals surface area contributed by atoms with E-state index in [-0.39, 0.29) is 0 Å². The first-order valence-corrected chi connectivity index (χ1v) is 4.58. The number of hydrogen-bond acceptors (Lipinski definition) is 1. The highest BCUT2D eigenvalue weighted by atomic mass is 14.4. The van der Waals surface area contributed by atoms with Gasteiger partial charge < -0.3 is 5.41 Å². The highest BCUT2D eigenvalue weighted by Gasteiger charge is 2.18. The first-order chi connectivity index (χ1) is 5.00. The molecule has 0 bridgehead atoms. The number of rotatable bonds is 4. The van der Waals surface area contributed by atoms with Crippen molar-refractivity contribution in [3.63, 3.8) is 0 Å². The molecule has 0 heterocycles. The Morgan fingerprint density at radius 2 is 1.64 bits per heavy atom. The lowest BCUT2D eigenvalue weighted by molar-refractivity contribution is 0.355. The lowest BCUT2D eigenvalue weighted by Crippen LogP contribution is -2.21. The summed E-state index contributed by atoms with van der Waals surface area (Å²) in [5, 5.41) is 7.67. The summed E-state index contributed by atoms with van der Waals surface area (Å²) in [5.41, 5.74) is 0.895. The summed E-state index contributed by atoms with van der Waals surface area (Å²) in [4.78, 5) is 0. The van der Waals surface area contributed by atoms with Gasteiger partial charge in [-0.15, -0.1) is 0 Å². The van der Waals surface area contributed by atoms with Crippen LogP contribution in [0.4, 0.5) is 0 Å². The van der Waals surface area contributed by atoms with Crippen molar-refractivity contribution in [2.45, 2.75) is 41.0 Å². The van der Waals surface area contributed by atoms with Crippen molar-refractivity contribution in [2.75, 3.05) is 0 Å². The SMILES string of the molecule is CCC(=N)C(C)C(C)C(C)C. The first-order valence-electron chi connectivity index (χ1n) is 4.58. The van der Waals surface area contributed by atoms with Gasteiger partial charge in [0.15, 0.2) is 0 Å². The van der Waals surface area contributed by atoms with E-state index in [1.807, 2.05) is 0 Å². The molecule has 0 spiro atoms. The molecule has 0 saturated heterocycles. The Bertz CT molecular complexity index is 127. The lowest BCUT2D eigenvalue weighted by Gasteiger charge is -2.23. The second-order valence-corrected chi connectivity index (χ2v) is 3.77. The maximum atomic E-state index is 7.67. The van der Waals surface area contributed by atoms with E-state index in [2.05, 4.69) is 34.6 Å². The highest BCUT2D eigenvalue weighted by Crippen LogP contribution is 2.21. The van der Waals surface area contributed by atoms with Crippen LogP contribution in [0.25, 0.3) is 0 Å². The van der Waals surface area contributed by atoms with E-state index >= 15 is 0 Å². The highest BCUT2D eigenvalue weighted by molar-refractivity contribution is 5.83. The molecule has 66 valence electrons. The monoisotopic (exact) mass is 155 g/mol. The van der Waals surface area contributed by atoms with Crippen LogP contribution in [-0.2, 0) is 0 Å². The normalized spacial score (nSPS) is 16.5. The molecule has 0 aromatic rings. The standard InChI is InChI=1S/C10H21N/c1-6-10(11)9(5)8(4)7(2)3/h7-9,11H,6H2,1-5H3. The van der Waals surface area contributed by atoms with E-state index in [4.69, 9.17) is 5.41 Å². The van der Waals surface area contributed by atoms with Gasteiger partial charge in [0.05, 0.1) is 0 Å². The number of hydrogen-bond donors (Lipinski definition) is 1. The quantitative estimate of drug-likeness (QED) is 0.602. The summed E-state index contributed by atoms with van der Waals surface area (Å²) in [6, 6.07) is 0. The molecule has 0 amide bonds. The molecule has 0 fully saturated rings. The molecule has 0 saturated carbocycles. The van der Waals surface area contributed by atoms with Gasteiger partial charge >= 0.3 is 0 Å². The molecule has 0 aliphatic heterocycles. The van der Waals surface area contributed by atoms with Gasteiger partial charge in [0.1, 0.15) is 0 Å². The average Bonchev–Trinajstić information content (AvgIpc) is 2.00. The minimum atomic E-state index is 0.458. The maximum Gasteiger partial charge on any atom is 0.0117 e. The fourth-order valence-corrected chi connectivity index (χ4v) is 1.22. The summed E-state index contributed by atoms with van der Waals surface area (Å²) < 4.78 is 0. The number of nitrogens with one attached hydrogen (secondary N) is 1. The van der Waals surface area contributed by atoms with Crippen LogP contribution in [0.1, 0.15) is 41.0 Å². The van der Waals surface area contributed by atoms with E-state index in [1.54, 1.807) is 0 Å². The van der Waals surface area contributed by atoms with Gasteiger partial charge in [0.2, 0.25) is 0 Å². The van der Waals surface area contributed by atoms with Gasteiger partial charge in [-0.3, -0.25) is 0 Å². The Morgan fingerprint density at radius 3 is 1.91 bits per heavy atom. The van der Waals surface area contributed by atoms with Crippen LogP contribution >= 0.6 is 0 Å². The molecular weight excluding hydrogens is 134 g/mol. The zero-order chi connectivity index (χ0) is 9.02. The van der Waals surface area contributed by atoms with Crippen molar-refractivity contribution in [1.29, 1.82) is 5.41 Å². The third kappa shape index (κ3) is 3.04. The molecule has 1 nitrogen and oxygen atoms in total. The maximum absolute atomic E-state index is 7.67. The van der Waals surface area contributed by atoms with Crippen molar-refractivity contribution < 1.29 is 0 Å². The molecule has 0 aromatic heterocycles. The average molecular weight is 155 g/mol. The smallest absolute Gasteiger partial charge is 0.0117 e. The van der Waals surface area contributed by atoms with Gasteiger partial charge in [-0.2, -0.15) is 0 Å². The molecule has 0 radical (unpaired) electrons. The molecular formula is C10H21N. The van der Waals surface area contributed by atoms with Crippen molar-refractivity contribution in [3.8, 4) is 0 Å².